The molecule has 0 aromatic heterocycles. The number of piperidine rings is 1. The Morgan fingerprint density at radius 3 is 2.28 bits per heavy atom. The number of halogens is 1. The van der Waals surface area contributed by atoms with Gasteiger partial charge in [-0.25, -0.2) is 0 Å². The van der Waals surface area contributed by atoms with Crippen LogP contribution in [0.3, 0.4) is 0 Å². The van der Waals surface area contributed by atoms with E-state index in [-0.39, 0.29) is 24.2 Å². The van der Waals surface area contributed by atoms with Gasteiger partial charge in [-0.05, 0) is 61.3 Å². The number of thioether (sulfide) groups is 1. The highest BCUT2D eigenvalue weighted by molar-refractivity contribution is 7.98. The van der Waals surface area contributed by atoms with Crippen molar-refractivity contribution in [2.45, 2.75) is 51.2 Å². The predicted molar refractivity (Wildman–Crippen MR) is 149 cm³/mol. The number of para-hydroxylation sites is 1. The van der Waals surface area contributed by atoms with E-state index >= 15 is 0 Å². The largest absolute Gasteiger partial charge is 0.457 e. The molecule has 0 bridgehead atoms. The van der Waals surface area contributed by atoms with Crippen LogP contribution in [-0.2, 0) is 16.1 Å². The quantitative estimate of drug-likeness (QED) is 0.495. The third-order valence-corrected chi connectivity index (χ3v) is 7.62. The fraction of sp³-hybridized carbons (Fsp3) is 0.500. The number of ether oxygens (including phenoxy) is 1. The van der Waals surface area contributed by atoms with E-state index in [1.165, 1.54) is 5.56 Å². The van der Waals surface area contributed by atoms with E-state index in [0.717, 1.165) is 36.9 Å². The lowest BCUT2D eigenvalue weighted by Gasteiger charge is -2.52. The fourth-order valence-electron chi connectivity index (χ4n) is 5.14. The molecule has 0 aliphatic carbocycles. The number of carbonyl (C=O) groups excluding carboxylic acids is 2. The molecule has 1 spiro atoms. The highest BCUT2D eigenvalue weighted by Gasteiger charge is 2.53. The molecular formula is C28H38ClN3O3S. The number of hydrogen-bond donors (Lipinski definition) is 1. The maximum Gasteiger partial charge on any atom is 0.246 e. The Hall–Kier alpha value is -2.22. The van der Waals surface area contributed by atoms with Crippen molar-refractivity contribution in [1.82, 2.24) is 15.1 Å². The molecule has 2 amide bonds. The summed E-state index contributed by atoms with van der Waals surface area (Å²) in [6.07, 6.45) is 4.07. The Morgan fingerprint density at radius 1 is 1.03 bits per heavy atom. The Morgan fingerprint density at radius 2 is 1.67 bits per heavy atom. The van der Waals surface area contributed by atoms with E-state index in [1.54, 1.807) is 11.8 Å². The number of likely N-dealkylation sites (tertiary alicyclic amines) is 1. The molecule has 0 saturated carbocycles. The molecule has 2 heterocycles. The first-order chi connectivity index (χ1) is 16.9. The molecule has 2 aliphatic heterocycles. The molecule has 1 atom stereocenters. The standard InChI is InChI=1S/C28H37N3O3S.ClH/c1-21(2)19-25-26(32)31(17-18-35-3)28(27(33)29-25)13-15-30(16-14-28)20-22-9-11-24(12-10-22)34-23-7-5-4-6-8-23;/h4-12,21,25H,13-20H2,1-3H3,(H,29,33);1H. The molecule has 2 saturated heterocycles. The first-order valence-electron chi connectivity index (χ1n) is 12.6. The second-order valence-electron chi connectivity index (χ2n) is 10.0. The first kappa shape index (κ1) is 28.4. The Balaban J connectivity index is 0.00000361. The summed E-state index contributed by atoms with van der Waals surface area (Å²) >= 11 is 1.72. The molecule has 8 heteroatoms. The fourth-order valence-corrected chi connectivity index (χ4v) is 5.50. The van der Waals surface area contributed by atoms with Gasteiger partial charge in [0.2, 0.25) is 11.8 Å². The SMILES string of the molecule is CSCCN1C(=O)C(CC(C)C)NC(=O)C12CCN(Cc1ccc(Oc3ccccc3)cc1)CC2.Cl. The predicted octanol–water partition coefficient (Wildman–Crippen LogP) is 4.97. The van der Waals surface area contributed by atoms with Crippen molar-refractivity contribution in [2.24, 2.45) is 5.92 Å². The summed E-state index contributed by atoms with van der Waals surface area (Å²) in [5.41, 5.74) is 0.492. The van der Waals surface area contributed by atoms with Crippen molar-refractivity contribution in [3.63, 3.8) is 0 Å². The van der Waals surface area contributed by atoms with Gasteiger partial charge in [-0.3, -0.25) is 14.5 Å². The van der Waals surface area contributed by atoms with Crippen molar-refractivity contribution in [1.29, 1.82) is 0 Å². The van der Waals surface area contributed by atoms with Crippen LogP contribution in [0.1, 0.15) is 38.7 Å². The van der Waals surface area contributed by atoms with Crippen LogP contribution in [0.2, 0.25) is 0 Å². The van der Waals surface area contributed by atoms with E-state index in [2.05, 4.69) is 36.2 Å². The molecule has 4 rings (SSSR count). The van der Waals surface area contributed by atoms with E-state index in [0.29, 0.717) is 31.7 Å². The van der Waals surface area contributed by atoms with Crippen molar-refractivity contribution >= 4 is 36.0 Å². The molecular weight excluding hydrogens is 494 g/mol. The monoisotopic (exact) mass is 531 g/mol. The van der Waals surface area contributed by atoms with Gasteiger partial charge in [-0.15, -0.1) is 12.4 Å². The number of amides is 2. The van der Waals surface area contributed by atoms with Crippen LogP contribution in [0.25, 0.3) is 0 Å². The van der Waals surface area contributed by atoms with Gasteiger partial charge >= 0.3 is 0 Å². The zero-order chi connectivity index (χ0) is 24.8. The number of hydrogen-bond acceptors (Lipinski definition) is 5. The third kappa shape index (κ3) is 6.55. The average molecular weight is 532 g/mol. The van der Waals surface area contributed by atoms with Gasteiger partial charge in [-0.2, -0.15) is 11.8 Å². The van der Waals surface area contributed by atoms with Crippen LogP contribution < -0.4 is 10.1 Å². The van der Waals surface area contributed by atoms with Crippen molar-refractivity contribution in [3.8, 4) is 11.5 Å². The van der Waals surface area contributed by atoms with Crippen LogP contribution in [0.15, 0.2) is 54.6 Å². The highest BCUT2D eigenvalue weighted by atomic mass is 35.5. The summed E-state index contributed by atoms with van der Waals surface area (Å²) in [6.45, 7) is 7.20. The van der Waals surface area contributed by atoms with Gasteiger partial charge in [0.15, 0.2) is 0 Å². The maximum atomic E-state index is 13.4. The molecule has 36 heavy (non-hydrogen) atoms. The molecule has 0 radical (unpaired) electrons. The number of benzene rings is 2. The van der Waals surface area contributed by atoms with Crippen LogP contribution in [-0.4, -0.2) is 64.8 Å². The minimum atomic E-state index is -0.718. The zero-order valence-corrected chi connectivity index (χ0v) is 23.1. The van der Waals surface area contributed by atoms with Crippen molar-refractivity contribution < 1.29 is 14.3 Å². The zero-order valence-electron chi connectivity index (χ0n) is 21.4. The second-order valence-corrected chi connectivity index (χ2v) is 11.0. The van der Waals surface area contributed by atoms with Gasteiger partial charge in [-0.1, -0.05) is 44.2 Å². The molecule has 1 unspecified atom stereocenters. The number of rotatable bonds is 9. The summed E-state index contributed by atoms with van der Waals surface area (Å²) < 4.78 is 5.90. The van der Waals surface area contributed by atoms with Crippen LogP contribution >= 0.6 is 24.2 Å². The van der Waals surface area contributed by atoms with Gasteiger partial charge in [0, 0.05) is 31.9 Å². The van der Waals surface area contributed by atoms with Crippen LogP contribution in [0.4, 0.5) is 0 Å². The van der Waals surface area contributed by atoms with Gasteiger partial charge in [0.25, 0.3) is 0 Å². The molecule has 2 aromatic rings. The molecule has 2 aliphatic rings. The van der Waals surface area contributed by atoms with Gasteiger partial charge < -0.3 is 15.0 Å². The van der Waals surface area contributed by atoms with E-state index in [9.17, 15) is 9.59 Å². The summed E-state index contributed by atoms with van der Waals surface area (Å²) in [5.74, 6) is 2.96. The second kappa shape index (κ2) is 12.8. The van der Waals surface area contributed by atoms with Gasteiger partial charge in [0.1, 0.15) is 23.1 Å². The lowest BCUT2D eigenvalue weighted by molar-refractivity contribution is -0.161. The van der Waals surface area contributed by atoms with E-state index < -0.39 is 11.6 Å². The number of nitrogens with zero attached hydrogens (tertiary/aromatic N) is 2. The van der Waals surface area contributed by atoms with Crippen LogP contribution in [0, 0.1) is 5.92 Å². The van der Waals surface area contributed by atoms with Crippen molar-refractivity contribution in [3.05, 3.63) is 60.2 Å². The van der Waals surface area contributed by atoms with Crippen LogP contribution in [0.5, 0.6) is 11.5 Å². The molecule has 196 valence electrons. The first-order valence-corrected chi connectivity index (χ1v) is 14.0. The number of nitrogens with one attached hydrogen (secondary N) is 1. The summed E-state index contributed by atoms with van der Waals surface area (Å²) in [6, 6.07) is 17.6. The Kier molecular flexibility index (Phi) is 10.1. The minimum absolute atomic E-state index is 0. The average Bonchev–Trinajstić information content (AvgIpc) is 2.85. The molecule has 1 N–H and O–H groups in total. The highest BCUT2D eigenvalue weighted by Crippen LogP contribution is 2.34. The molecule has 2 fully saturated rings. The maximum absolute atomic E-state index is 13.4. The number of carbonyl (C=O) groups is 2. The Bertz CT molecular complexity index is 995. The third-order valence-electron chi connectivity index (χ3n) is 7.03. The smallest absolute Gasteiger partial charge is 0.246 e. The lowest BCUT2D eigenvalue weighted by Crippen LogP contribution is -2.73. The minimum Gasteiger partial charge on any atom is -0.457 e. The van der Waals surface area contributed by atoms with Crippen molar-refractivity contribution in [2.75, 3.05) is 31.6 Å². The summed E-state index contributed by atoms with van der Waals surface area (Å²) in [5, 5.41) is 3.09. The summed E-state index contributed by atoms with van der Waals surface area (Å²) in [4.78, 5) is 31.1. The van der Waals surface area contributed by atoms with E-state index in [1.807, 2.05) is 53.6 Å². The lowest BCUT2D eigenvalue weighted by atomic mass is 9.81. The molecule has 6 nitrogen and oxygen atoms in total. The topological polar surface area (TPSA) is 61.9 Å². The van der Waals surface area contributed by atoms with E-state index in [4.69, 9.17) is 4.74 Å². The molecule has 2 aromatic carbocycles. The Labute approximate surface area is 225 Å². The normalized spacial score (nSPS) is 19.8. The van der Waals surface area contributed by atoms with Gasteiger partial charge in [0.05, 0.1) is 0 Å². The summed E-state index contributed by atoms with van der Waals surface area (Å²) in [7, 11) is 0. The number of piperazine rings is 1.